The Bertz CT molecular complexity index is 1240. The summed E-state index contributed by atoms with van der Waals surface area (Å²) in [5.41, 5.74) is 1.70. The maximum Gasteiger partial charge on any atom is 0.257 e. The molecule has 0 aliphatic carbocycles. The number of fused-ring (bicyclic) bond motifs is 1. The monoisotopic (exact) mass is 397 g/mol. The van der Waals surface area contributed by atoms with Crippen LogP contribution in [0.25, 0.3) is 22.4 Å². The van der Waals surface area contributed by atoms with Crippen LogP contribution < -0.4 is 10.7 Å². The van der Waals surface area contributed by atoms with E-state index in [0.29, 0.717) is 33.4 Å². The lowest BCUT2D eigenvalue weighted by atomic mass is 10.1. The number of nitrogens with one attached hydrogen (secondary N) is 2. The lowest BCUT2D eigenvalue weighted by molar-refractivity contribution is 0.0946. The van der Waals surface area contributed by atoms with Gasteiger partial charge in [0.15, 0.2) is 5.76 Å². The molecule has 0 spiro atoms. The number of pyridine rings is 1. The van der Waals surface area contributed by atoms with Crippen LogP contribution in [0.15, 0.2) is 45.9 Å². The van der Waals surface area contributed by atoms with Crippen LogP contribution in [0.5, 0.6) is 0 Å². The number of hydrogen-bond donors (Lipinski definition) is 2. The van der Waals surface area contributed by atoms with Crippen LogP contribution in [0.1, 0.15) is 21.9 Å². The number of carbonyl (C=O) groups excluding carboxylic acids is 1. The van der Waals surface area contributed by atoms with Crippen molar-refractivity contribution in [3.63, 3.8) is 0 Å². The van der Waals surface area contributed by atoms with Gasteiger partial charge in [-0.25, -0.2) is 4.98 Å². The third kappa shape index (κ3) is 3.18. The number of aromatic nitrogens is 4. The van der Waals surface area contributed by atoms with Gasteiger partial charge in [0, 0.05) is 23.8 Å². The maximum absolute atomic E-state index is 12.5. The predicted molar refractivity (Wildman–Crippen MR) is 104 cm³/mol. The molecular weight excluding hydrogens is 382 g/mol. The smallest absolute Gasteiger partial charge is 0.257 e. The molecular formula is C19H16ClN5O3. The van der Waals surface area contributed by atoms with Crippen LogP contribution >= 0.6 is 11.6 Å². The first-order chi connectivity index (χ1) is 13.4. The molecule has 1 amide bonds. The molecule has 0 radical (unpaired) electrons. The molecule has 3 heterocycles. The second kappa shape index (κ2) is 6.97. The highest BCUT2D eigenvalue weighted by Gasteiger charge is 2.17. The van der Waals surface area contributed by atoms with Crippen LogP contribution in [0.4, 0.5) is 0 Å². The van der Waals surface area contributed by atoms with Crippen molar-refractivity contribution in [1.82, 2.24) is 25.1 Å². The van der Waals surface area contributed by atoms with Crippen LogP contribution in [0.3, 0.4) is 0 Å². The van der Waals surface area contributed by atoms with Gasteiger partial charge in [0.25, 0.3) is 5.91 Å². The van der Waals surface area contributed by atoms with Crippen molar-refractivity contribution in [1.29, 1.82) is 0 Å². The Kier molecular flexibility index (Phi) is 4.48. The van der Waals surface area contributed by atoms with E-state index in [1.54, 1.807) is 19.2 Å². The molecule has 4 rings (SSSR count). The highest BCUT2D eigenvalue weighted by molar-refractivity contribution is 6.30. The van der Waals surface area contributed by atoms with Crippen LogP contribution in [-0.2, 0) is 13.6 Å². The van der Waals surface area contributed by atoms with Gasteiger partial charge in [0.2, 0.25) is 11.3 Å². The molecule has 0 aliphatic rings. The van der Waals surface area contributed by atoms with Gasteiger partial charge in [-0.15, -0.1) is 0 Å². The number of aryl methyl sites for hydroxylation is 2. The summed E-state index contributed by atoms with van der Waals surface area (Å²) in [6, 6.07) is 7.20. The van der Waals surface area contributed by atoms with Crippen molar-refractivity contribution in [2.75, 3.05) is 0 Å². The Labute approximate surface area is 164 Å². The normalized spacial score (nSPS) is 11.1. The molecule has 1 aromatic carbocycles. The van der Waals surface area contributed by atoms with Crippen LogP contribution in [0, 0.1) is 6.92 Å². The molecule has 0 bridgehead atoms. The first-order valence-corrected chi connectivity index (χ1v) is 8.85. The Balaban J connectivity index is 1.53. The summed E-state index contributed by atoms with van der Waals surface area (Å²) in [4.78, 5) is 32.2. The number of amides is 1. The third-order valence-electron chi connectivity index (χ3n) is 4.37. The minimum absolute atomic E-state index is 0.00158. The SMILES string of the molecule is Cc1nc(CNC(=O)c2c[nH]c3c(cnn3C)c2=O)oc1-c1ccc(Cl)cc1. The molecule has 0 fully saturated rings. The number of nitrogens with zero attached hydrogens (tertiary/aromatic N) is 3. The molecule has 9 heteroatoms. The van der Waals surface area contributed by atoms with Crippen molar-refractivity contribution in [2.24, 2.45) is 7.05 Å². The molecule has 0 atom stereocenters. The Hall–Kier alpha value is -3.39. The van der Waals surface area contributed by atoms with Gasteiger partial charge in [-0.2, -0.15) is 5.10 Å². The standard InChI is InChI=1S/C19H16ClN5O3/c1-10-17(11-3-5-12(20)6-4-11)28-15(24-10)9-22-19(27)14-7-21-18-13(16(14)26)8-23-25(18)2/h3-8H,9H2,1-2H3,(H,21,26)(H,22,27). The molecule has 8 nitrogen and oxygen atoms in total. The van der Waals surface area contributed by atoms with Crippen molar-refractivity contribution < 1.29 is 9.21 Å². The first-order valence-electron chi connectivity index (χ1n) is 8.48. The summed E-state index contributed by atoms with van der Waals surface area (Å²) in [5, 5.41) is 7.67. The highest BCUT2D eigenvalue weighted by Crippen LogP contribution is 2.25. The van der Waals surface area contributed by atoms with Gasteiger partial charge in [-0.3, -0.25) is 14.3 Å². The molecule has 0 aliphatic heterocycles. The summed E-state index contributed by atoms with van der Waals surface area (Å²) >= 11 is 5.91. The fourth-order valence-corrected chi connectivity index (χ4v) is 3.07. The largest absolute Gasteiger partial charge is 0.438 e. The molecule has 3 aromatic heterocycles. The lowest BCUT2D eigenvalue weighted by Crippen LogP contribution is -2.28. The van der Waals surface area contributed by atoms with Gasteiger partial charge < -0.3 is 14.7 Å². The van der Waals surface area contributed by atoms with Crippen LogP contribution in [-0.4, -0.2) is 25.7 Å². The number of rotatable bonds is 4. The van der Waals surface area contributed by atoms with E-state index >= 15 is 0 Å². The van der Waals surface area contributed by atoms with E-state index in [1.807, 2.05) is 19.1 Å². The number of aromatic amines is 1. The maximum atomic E-state index is 12.5. The summed E-state index contributed by atoms with van der Waals surface area (Å²) < 4.78 is 7.30. The van der Waals surface area contributed by atoms with Crippen LogP contribution in [0.2, 0.25) is 5.02 Å². The van der Waals surface area contributed by atoms with Gasteiger partial charge in [0.05, 0.1) is 23.8 Å². The summed E-state index contributed by atoms with van der Waals surface area (Å²) in [5.74, 6) is 0.432. The minimum Gasteiger partial charge on any atom is -0.438 e. The molecule has 0 unspecified atom stereocenters. The summed E-state index contributed by atoms with van der Waals surface area (Å²) in [6.07, 6.45) is 2.81. The number of hydrogen-bond acceptors (Lipinski definition) is 5. The molecule has 0 saturated carbocycles. The van der Waals surface area contributed by atoms with Gasteiger partial charge in [-0.1, -0.05) is 11.6 Å². The van der Waals surface area contributed by atoms with Crippen molar-refractivity contribution >= 4 is 28.5 Å². The van der Waals surface area contributed by atoms with Gasteiger partial charge >= 0.3 is 0 Å². The summed E-state index contributed by atoms with van der Waals surface area (Å²) in [6.45, 7) is 1.87. The van der Waals surface area contributed by atoms with Crippen molar-refractivity contribution in [3.8, 4) is 11.3 Å². The van der Waals surface area contributed by atoms with Gasteiger partial charge in [0.1, 0.15) is 11.2 Å². The van der Waals surface area contributed by atoms with Crippen molar-refractivity contribution in [3.05, 3.63) is 69.1 Å². The zero-order valence-corrected chi connectivity index (χ0v) is 15.9. The molecule has 0 saturated heterocycles. The predicted octanol–water partition coefficient (Wildman–Crippen LogP) is 2.81. The number of halogens is 1. The second-order valence-corrected chi connectivity index (χ2v) is 6.71. The average molecular weight is 398 g/mol. The van der Waals surface area contributed by atoms with E-state index in [2.05, 4.69) is 20.4 Å². The number of benzene rings is 1. The Morgan fingerprint density at radius 1 is 1.32 bits per heavy atom. The van der Waals surface area contributed by atoms with Crippen molar-refractivity contribution in [2.45, 2.75) is 13.5 Å². The quantitative estimate of drug-likeness (QED) is 0.550. The fourth-order valence-electron chi connectivity index (χ4n) is 2.94. The van der Waals surface area contributed by atoms with E-state index in [-0.39, 0.29) is 17.5 Å². The van der Waals surface area contributed by atoms with Gasteiger partial charge in [-0.05, 0) is 31.2 Å². The molecule has 2 N–H and O–H groups in total. The zero-order chi connectivity index (χ0) is 19.8. The number of carbonyl (C=O) groups is 1. The van der Waals surface area contributed by atoms with E-state index in [0.717, 1.165) is 5.56 Å². The summed E-state index contributed by atoms with van der Waals surface area (Å²) in [7, 11) is 1.71. The molecule has 28 heavy (non-hydrogen) atoms. The number of H-pyrrole nitrogens is 1. The molecule has 4 aromatic rings. The topological polar surface area (TPSA) is 106 Å². The van der Waals surface area contributed by atoms with E-state index in [4.69, 9.17) is 16.0 Å². The van der Waals surface area contributed by atoms with E-state index in [1.165, 1.54) is 17.1 Å². The third-order valence-corrected chi connectivity index (χ3v) is 4.63. The second-order valence-electron chi connectivity index (χ2n) is 6.27. The van der Waals surface area contributed by atoms with E-state index < -0.39 is 5.91 Å². The average Bonchev–Trinajstić information content (AvgIpc) is 3.24. The lowest BCUT2D eigenvalue weighted by Gasteiger charge is -2.03. The van der Waals surface area contributed by atoms with E-state index in [9.17, 15) is 9.59 Å². The molecule has 142 valence electrons. The number of oxazole rings is 1. The minimum atomic E-state index is -0.518. The first kappa shape index (κ1) is 18.0. The Morgan fingerprint density at radius 2 is 2.07 bits per heavy atom. The zero-order valence-electron chi connectivity index (χ0n) is 15.1. The fraction of sp³-hybridized carbons (Fsp3) is 0.158. The highest BCUT2D eigenvalue weighted by atomic mass is 35.5. The Morgan fingerprint density at radius 3 is 2.82 bits per heavy atom.